The number of hydrogen-bond donors (Lipinski definition) is 1. The van der Waals surface area contributed by atoms with Crippen LogP contribution < -0.4 is 11.2 Å². The minimum absolute atomic E-state index is 0.00990. The number of nitrogens with two attached hydrogens (primary N) is 1. The summed E-state index contributed by atoms with van der Waals surface area (Å²) in [5.74, 6) is -1.43. The second-order valence-corrected chi connectivity index (χ2v) is 7.81. The van der Waals surface area contributed by atoms with Gasteiger partial charge in [-0.2, -0.15) is 8.42 Å². The summed E-state index contributed by atoms with van der Waals surface area (Å²) in [4.78, 5) is 12.1. The van der Waals surface area contributed by atoms with Crippen LogP contribution in [0.25, 0.3) is 0 Å². The number of carbonyl (C=O) groups is 1. The van der Waals surface area contributed by atoms with Crippen LogP contribution in [0.15, 0.2) is 82.2 Å². The van der Waals surface area contributed by atoms with E-state index in [1.807, 2.05) is 6.92 Å². The summed E-state index contributed by atoms with van der Waals surface area (Å²) in [6.07, 6.45) is 1.01. The molecule has 6 nitrogen and oxygen atoms in total. The van der Waals surface area contributed by atoms with Crippen LogP contribution in [0.3, 0.4) is 0 Å². The van der Waals surface area contributed by atoms with Crippen LogP contribution >= 0.6 is 0 Å². The molecule has 0 bridgehead atoms. The Labute approximate surface area is 161 Å². The first kappa shape index (κ1) is 19.5. The van der Waals surface area contributed by atoms with E-state index in [1.165, 1.54) is 18.2 Å². The lowest BCUT2D eigenvalue weighted by molar-refractivity contribution is -0.120. The molecule has 0 aliphatic rings. The van der Waals surface area contributed by atoms with Crippen LogP contribution in [0, 0.1) is 12.7 Å². The van der Waals surface area contributed by atoms with Crippen molar-refractivity contribution < 1.29 is 17.6 Å². The highest BCUT2D eigenvalue weighted by atomic mass is 32.2. The number of primary amides is 1. The number of halogens is 1. The average molecular weight is 399 g/mol. The van der Waals surface area contributed by atoms with Crippen molar-refractivity contribution in [3.63, 3.8) is 0 Å². The van der Waals surface area contributed by atoms with Gasteiger partial charge < -0.3 is 10.3 Å². The van der Waals surface area contributed by atoms with Crippen molar-refractivity contribution in [1.82, 2.24) is 4.57 Å². The normalized spacial score (nSPS) is 13.3. The molecule has 1 heterocycles. The Morgan fingerprint density at radius 1 is 1.04 bits per heavy atom. The zero-order valence-corrected chi connectivity index (χ0v) is 15.8. The number of sulfonamides is 1. The molecule has 0 spiro atoms. The Morgan fingerprint density at radius 3 is 2.29 bits per heavy atom. The molecule has 144 valence electrons. The molecule has 1 unspecified atom stereocenters. The third kappa shape index (κ3) is 4.17. The van der Waals surface area contributed by atoms with Gasteiger partial charge in [0.05, 0.1) is 4.90 Å². The lowest BCUT2D eigenvalue weighted by atomic mass is 10.1. The van der Waals surface area contributed by atoms with Crippen molar-refractivity contribution >= 4 is 15.9 Å². The molecule has 0 saturated carbocycles. The maximum Gasteiger partial charge on any atom is 0.284 e. The Hall–Kier alpha value is -3.26. The highest BCUT2D eigenvalue weighted by Crippen LogP contribution is 2.17. The summed E-state index contributed by atoms with van der Waals surface area (Å²) in [7, 11) is -4.08. The fourth-order valence-corrected chi connectivity index (χ4v) is 3.74. The van der Waals surface area contributed by atoms with Crippen molar-refractivity contribution in [3.05, 3.63) is 95.4 Å². The van der Waals surface area contributed by atoms with Gasteiger partial charge in [0.2, 0.25) is 5.91 Å². The van der Waals surface area contributed by atoms with E-state index in [4.69, 9.17) is 5.73 Å². The number of benzene rings is 2. The third-order valence-electron chi connectivity index (χ3n) is 4.11. The molecular weight excluding hydrogens is 381 g/mol. The molecule has 8 heteroatoms. The van der Waals surface area contributed by atoms with Crippen LogP contribution in [-0.2, 0) is 14.8 Å². The van der Waals surface area contributed by atoms with Gasteiger partial charge in [-0.1, -0.05) is 48.0 Å². The fourth-order valence-electron chi connectivity index (χ4n) is 2.75. The zero-order valence-electron chi connectivity index (χ0n) is 15.0. The lowest BCUT2D eigenvalue weighted by Gasteiger charge is -2.18. The quantitative estimate of drug-likeness (QED) is 0.713. The molecule has 1 atom stereocenters. The molecule has 3 rings (SSSR count). The number of carbonyl (C=O) groups excluding carboxylic acids is 1. The van der Waals surface area contributed by atoms with E-state index in [-0.39, 0.29) is 10.4 Å². The van der Waals surface area contributed by atoms with Crippen molar-refractivity contribution in [2.45, 2.75) is 17.9 Å². The van der Waals surface area contributed by atoms with E-state index < -0.39 is 27.8 Å². The third-order valence-corrected chi connectivity index (χ3v) is 5.41. The maximum atomic E-state index is 13.9. The van der Waals surface area contributed by atoms with Gasteiger partial charge in [-0.15, -0.1) is 4.40 Å². The molecule has 1 amide bonds. The van der Waals surface area contributed by atoms with Crippen LogP contribution in [0.5, 0.6) is 0 Å². The molecule has 0 saturated heterocycles. The highest BCUT2D eigenvalue weighted by Gasteiger charge is 2.22. The van der Waals surface area contributed by atoms with E-state index in [0.717, 1.165) is 22.4 Å². The molecule has 2 aromatic carbocycles. The van der Waals surface area contributed by atoms with Crippen molar-refractivity contribution in [2.75, 3.05) is 0 Å². The first-order valence-electron chi connectivity index (χ1n) is 8.37. The number of rotatable bonds is 5. The molecule has 0 aliphatic heterocycles. The number of pyridine rings is 1. The Kier molecular flexibility index (Phi) is 5.41. The SMILES string of the molecule is Cc1ccc(S(=O)(=O)/N=c2/ccc(F)cn2C(C(N)=O)c2ccccc2)cc1. The maximum absolute atomic E-state index is 13.9. The summed E-state index contributed by atoms with van der Waals surface area (Å²) in [5.41, 5.74) is 6.80. The minimum Gasteiger partial charge on any atom is -0.368 e. The summed E-state index contributed by atoms with van der Waals surface area (Å²) < 4.78 is 44.2. The predicted molar refractivity (Wildman–Crippen MR) is 102 cm³/mol. The second-order valence-electron chi connectivity index (χ2n) is 6.21. The monoisotopic (exact) mass is 399 g/mol. The Morgan fingerprint density at radius 2 is 1.68 bits per heavy atom. The van der Waals surface area contributed by atoms with Crippen molar-refractivity contribution in [1.29, 1.82) is 0 Å². The largest absolute Gasteiger partial charge is 0.368 e. The van der Waals surface area contributed by atoms with Gasteiger partial charge in [-0.3, -0.25) is 4.79 Å². The Bertz CT molecular complexity index is 1170. The Balaban J connectivity index is 2.22. The van der Waals surface area contributed by atoms with Crippen molar-refractivity contribution in [3.8, 4) is 0 Å². The van der Waals surface area contributed by atoms with Crippen LogP contribution in [0.4, 0.5) is 4.39 Å². The number of aryl methyl sites for hydroxylation is 1. The zero-order chi connectivity index (χ0) is 20.3. The number of hydrogen-bond acceptors (Lipinski definition) is 3. The van der Waals surface area contributed by atoms with E-state index >= 15 is 0 Å². The topological polar surface area (TPSA) is 94.5 Å². The highest BCUT2D eigenvalue weighted by molar-refractivity contribution is 7.90. The minimum atomic E-state index is -4.08. The second kappa shape index (κ2) is 7.77. The smallest absolute Gasteiger partial charge is 0.284 e. The number of amides is 1. The van der Waals surface area contributed by atoms with E-state index in [9.17, 15) is 17.6 Å². The first-order valence-corrected chi connectivity index (χ1v) is 9.81. The van der Waals surface area contributed by atoms with Gasteiger partial charge >= 0.3 is 0 Å². The number of nitrogens with zero attached hydrogens (tertiary/aromatic N) is 2. The van der Waals surface area contributed by atoms with Gasteiger partial charge in [-0.25, -0.2) is 4.39 Å². The summed E-state index contributed by atoms with van der Waals surface area (Å²) in [6.45, 7) is 1.83. The van der Waals surface area contributed by atoms with Gasteiger partial charge in [0.25, 0.3) is 10.0 Å². The van der Waals surface area contributed by atoms with Crippen molar-refractivity contribution in [2.24, 2.45) is 10.1 Å². The first-order chi connectivity index (χ1) is 13.3. The molecular formula is C20H18FN3O3S. The van der Waals surface area contributed by atoms with E-state index in [0.29, 0.717) is 5.56 Å². The van der Waals surface area contributed by atoms with Gasteiger partial charge in [-0.05, 0) is 36.8 Å². The van der Waals surface area contributed by atoms with Crippen LogP contribution in [-0.4, -0.2) is 18.9 Å². The number of aromatic nitrogens is 1. The molecule has 2 N–H and O–H groups in total. The van der Waals surface area contributed by atoms with Gasteiger partial charge in [0.1, 0.15) is 17.3 Å². The molecule has 3 aromatic rings. The molecule has 28 heavy (non-hydrogen) atoms. The van der Waals surface area contributed by atoms with E-state index in [1.54, 1.807) is 42.5 Å². The fraction of sp³-hybridized carbons (Fsp3) is 0.100. The van der Waals surface area contributed by atoms with Crippen LogP contribution in [0.1, 0.15) is 17.2 Å². The van der Waals surface area contributed by atoms with Gasteiger partial charge in [0.15, 0.2) is 0 Å². The standard InChI is InChI=1S/C20H18FN3O3S/c1-14-7-10-17(11-8-14)28(26,27)23-18-12-9-16(21)13-24(18)19(20(22)25)15-5-3-2-4-6-15/h2-13,19H,1H3,(H2,22,25)/b23-18-. The lowest BCUT2D eigenvalue weighted by Crippen LogP contribution is -2.35. The molecule has 0 aliphatic carbocycles. The summed E-state index contributed by atoms with van der Waals surface area (Å²) in [5, 5.41) is 0. The molecule has 1 aromatic heterocycles. The van der Waals surface area contributed by atoms with Crippen LogP contribution in [0.2, 0.25) is 0 Å². The van der Waals surface area contributed by atoms with Gasteiger partial charge in [0, 0.05) is 6.20 Å². The molecule has 0 fully saturated rings. The summed E-state index contributed by atoms with van der Waals surface area (Å²) in [6, 6.07) is 15.8. The summed E-state index contributed by atoms with van der Waals surface area (Å²) >= 11 is 0. The predicted octanol–water partition coefficient (Wildman–Crippen LogP) is 2.30. The van der Waals surface area contributed by atoms with E-state index in [2.05, 4.69) is 4.40 Å². The molecule has 0 radical (unpaired) electrons. The average Bonchev–Trinajstić information content (AvgIpc) is 2.65.